The monoisotopic (exact) mass is 339 g/mol. The molecule has 1 aromatic heterocycles. The maximum atomic E-state index is 12.4. The van der Waals surface area contributed by atoms with Crippen LogP contribution in [0.25, 0.3) is 0 Å². The number of anilines is 2. The molecule has 0 spiro atoms. The van der Waals surface area contributed by atoms with Crippen LogP contribution in [0.5, 0.6) is 6.01 Å². The largest absolute Gasteiger partial charge is 0.461 e. The highest BCUT2D eigenvalue weighted by atomic mass is 35.5. The van der Waals surface area contributed by atoms with Gasteiger partial charge in [-0.15, -0.1) is 0 Å². The molecule has 0 radical (unpaired) electrons. The molecule has 0 atom stereocenters. The molecular weight excluding hydrogens is 321 g/mol. The molecule has 1 aromatic carbocycles. The van der Waals surface area contributed by atoms with Gasteiger partial charge in [0, 0.05) is 5.30 Å². The molecule has 0 aliphatic carbocycles. The predicted molar refractivity (Wildman–Crippen MR) is 91.6 cm³/mol. The zero-order chi connectivity index (χ0) is 16.3. The first-order valence-corrected chi connectivity index (χ1v) is 9.86. The van der Waals surface area contributed by atoms with Crippen LogP contribution < -0.4 is 15.4 Å². The second kappa shape index (κ2) is 6.67. The van der Waals surface area contributed by atoms with Crippen LogP contribution in [0, 0.1) is 0 Å². The van der Waals surface area contributed by atoms with Crippen molar-refractivity contribution in [2.24, 2.45) is 0 Å². The minimum absolute atomic E-state index is 0.0344. The highest BCUT2D eigenvalue weighted by molar-refractivity contribution is 7.70. The van der Waals surface area contributed by atoms with Crippen molar-refractivity contribution in [1.82, 2.24) is 9.97 Å². The van der Waals surface area contributed by atoms with E-state index in [-0.39, 0.29) is 12.1 Å². The third-order valence-electron chi connectivity index (χ3n) is 2.80. The number of hydrogen-bond acceptors (Lipinski definition) is 5. The van der Waals surface area contributed by atoms with E-state index in [1.54, 1.807) is 13.3 Å². The Labute approximate surface area is 135 Å². The summed E-state index contributed by atoms with van der Waals surface area (Å²) in [7, 11) is -2.42. The van der Waals surface area contributed by atoms with Gasteiger partial charge in [0.25, 0.3) is 0 Å². The van der Waals surface area contributed by atoms with Gasteiger partial charge in [-0.3, -0.25) is 0 Å². The van der Waals surface area contributed by atoms with Gasteiger partial charge in [-0.05, 0) is 39.3 Å². The minimum Gasteiger partial charge on any atom is -0.461 e. The number of aromatic nitrogens is 2. The fraction of sp³-hybridized carbons (Fsp3) is 0.333. The van der Waals surface area contributed by atoms with E-state index >= 15 is 0 Å². The molecule has 118 valence electrons. The van der Waals surface area contributed by atoms with Crippen molar-refractivity contribution in [3.63, 3.8) is 0 Å². The number of nitrogens with zero attached hydrogens (tertiary/aromatic N) is 2. The van der Waals surface area contributed by atoms with Gasteiger partial charge in [-0.1, -0.05) is 23.7 Å². The van der Waals surface area contributed by atoms with Crippen molar-refractivity contribution < 1.29 is 9.30 Å². The minimum atomic E-state index is -2.42. The molecule has 0 unspecified atom stereocenters. The summed E-state index contributed by atoms with van der Waals surface area (Å²) in [6, 6.07) is 7.65. The smallest absolute Gasteiger partial charge is 0.318 e. The molecule has 7 heteroatoms. The van der Waals surface area contributed by atoms with Crippen LogP contribution in [-0.4, -0.2) is 29.4 Å². The van der Waals surface area contributed by atoms with Gasteiger partial charge >= 0.3 is 6.01 Å². The molecule has 2 aromatic rings. The average molecular weight is 340 g/mol. The fourth-order valence-electron chi connectivity index (χ4n) is 1.88. The topological polar surface area (TPSA) is 64.1 Å². The second-order valence-electron chi connectivity index (χ2n) is 5.51. The Morgan fingerprint density at radius 1 is 1.27 bits per heavy atom. The van der Waals surface area contributed by atoms with Gasteiger partial charge < -0.3 is 14.6 Å². The van der Waals surface area contributed by atoms with E-state index in [0.717, 1.165) is 5.30 Å². The maximum Gasteiger partial charge on any atom is 0.318 e. The summed E-state index contributed by atoms with van der Waals surface area (Å²) < 4.78 is 17.9. The van der Waals surface area contributed by atoms with E-state index in [4.69, 9.17) is 16.3 Å². The number of hydrogen-bond donors (Lipinski definition) is 1. The van der Waals surface area contributed by atoms with Gasteiger partial charge in [0.05, 0.1) is 18.0 Å². The van der Waals surface area contributed by atoms with Crippen LogP contribution in [0.2, 0.25) is 5.02 Å². The highest BCUT2D eigenvalue weighted by Gasteiger charge is 2.17. The SMILES string of the molecule is CC(C)Oc1ncc(Cl)c(Nc2ccccc2P(C)(C)=O)n1. The highest BCUT2D eigenvalue weighted by Crippen LogP contribution is 2.38. The van der Waals surface area contributed by atoms with Crippen molar-refractivity contribution in [3.05, 3.63) is 35.5 Å². The lowest BCUT2D eigenvalue weighted by atomic mass is 10.3. The van der Waals surface area contributed by atoms with Crippen molar-refractivity contribution in [3.8, 4) is 6.01 Å². The Kier molecular flexibility index (Phi) is 5.09. The van der Waals surface area contributed by atoms with Gasteiger partial charge in [0.15, 0.2) is 5.82 Å². The number of para-hydroxylation sites is 1. The van der Waals surface area contributed by atoms with Gasteiger partial charge in [0.1, 0.15) is 12.2 Å². The third kappa shape index (κ3) is 4.21. The molecule has 0 fully saturated rings. The first kappa shape index (κ1) is 16.8. The van der Waals surface area contributed by atoms with Crippen LogP contribution >= 0.6 is 18.7 Å². The molecule has 0 bridgehead atoms. The van der Waals surface area contributed by atoms with E-state index in [1.165, 1.54) is 6.20 Å². The Morgan fingerprint density at radius 3 is 2.59 bits per heavy atom. The number of halogens is 1. The molecule has 0 amide bonds. The van der Waals surface area contributed by atoms with Crippen molar-refractivity contribution in [1.29, 1.82) is 0 Å². The van der Waals surface area contributed by atoms with Crippen LogP contribution in [-0.2, 0) is 4.57 Å². The van der Waals surface area contributed by atoms with Crippen LogP contribution in [0.3, 0.4) is 0 Å². The van der Waals surface area contributed by atoms with E-state index < -0.39 is 7.14 Å². The van der Waals surface area contributed by atoms with E-state index in [2.05, 4.69) is 15.3 Å². The Balaban J connectivity index is 2.37. The summed E-state index contributed by atoms with van der Waals surface area (Å²) in [5, 5.41) is 4.24. The van der Waals surface area contributed by atoms with Gasteiger partial charge in [-0.25, -0.2) is 4.98 Å². The predicted octanol–water partition coefficient (Wildman–Crippen LogP) is 3.91. The molecule has 1 N–H and O–H groups in total. The summed E-state index contributed by atoms with van der Waals surface area (Å²) in [5.74, 6) is 0.424. The Bertz CT molecular complexity index is 716. The lowest BCUT2D eigenvalue weighted by Gasteiger charge is -2.16. The van der Waals surface area contributed by atoms with Crippen molar-refractivity contribution in [2.75, 3.05) is 18.6 Å². The lowest BCUT2D eigenvalue weighted by Crippen LogP contribution is -2.12. The Morgan fingerprint density at radius 2 is 1.95 bits per heavy atom. The Hall–Kier alpha value is -1.58. The molecule has 2 rings (SSSR count). The normalized spacial score (nSPS) is 11.5. The fourth-order valence-corrected chi connectivity index (χ4v) is 3.18. The third-order valence-corrected chi connectivity index (χ3v) is 4.63. The lowest BCUT2D eigenvalue weighted by molar-refractivity contribution is 0.222. The van der Waals surface area contributed by atoms with Crippen molar-refractivity contribution in [2.45, 2.75) is 20.0 Å². The molecule has 22 heavy (non-hydrogen) atoms. The summed E-state index contributed by atoms with van der Waals surface area (Å²) in [5.41, 5.74) is 0.715. The van der Waals surface area contributed by atoms with E-state index in [9.17, 15) is 4.57 Å². The zero-order valence-corrected chi connectivity index (χ0v) is 14.7. The molecule has 0 saturated carbocycles. The van der Waals surface area contributed by atoms with E-state index in [0.29, 0.717) is 16.5 Å². The molecule has 0 aliphatic heterocycles. The average Bonchev–Trinajstić information content (AvgIpc) is 2.41. The molecular formula is C15H19ClN3O2P. The van der Waals surface area contributed by atoms with Crippen LogP contribution in [0.1, 0.15) is 13.8 Å². The summed E-state index contributed by atoms with van der Waals surface area (Å²) in [6.07, 6.45) is 1.45. The van der Waals surface area contributed by atoms with Crippen LogP contribution in [0.15, 0.2) is 30.5 Å². The standard InChI is InChI=1S/C15H19ClN3O2P/c1-10(2)21-15-17-9-11(16)14(19-15)18-12-7-5-6-8-13(12)22(3,4)20/h5-10H,1-4H3,(H,17,18,19). The molecule has 0 aliphatic rings. The van der Waals surface area contributed by atoms with Crippen LogP contribution in [0.4, 0.5) is 11.5 Å². The number of benzene rings is 1. The van der Waals surface area contributed by atoms with Gasteiger partial charge in [0.2, 0.25) is 0 Å². The summed E-state index contributed by atoms with van der Waals surface area (Å²) in [6.45, 7) is 7.24. The zero-order valence-electron chi connectivity index (χ0n) is 13.0. The second-order valence-corrected chi connectivity index (χ2v) is 9.10. The summed E-state index contributed by atoms with van der Waals surface area (Å²) in [4.78, 5) is 8.30. The molecule has 5 nitrogen and oxygen atoms in total. The van der Waals surface area contributed by atoms with Crippen molar-refractivity contribution >= 4 is 35.6 Å². The summed E-state index contributed by atoms with van der Waals surface area (Å²) >= 11 is 6.14. The number of rotatable bonds is 5. The number of ether oxygens (including phenoxy) is 1. The first-order chi connectivity index (χ1) is 10.3. The molecule has 0 saturated heterocycles. The van der Waals surface area contributed by atoms with E-state index in [1.807, 2.05) is 38.1 Å². The number of nitrogens with one attached hydrogen (secondary N) is 1. The first-order valence-electron chi connectivity index (χ1n) is 6.88. The molecule has 1 heterocycles. The quantitative estimate of drug-likeness (QED) is 0.837. The maximum absolute atomic E-state index is 12.4. The van der Waals surface area contributed by atoms with Gasteiger partial charge in [-0.2, -0.15) is 4.98 Å².